The standard InChI is InChI=1S/C19H24F2N4O2/c1-12-6-13(12)11-27-18(17(10-22)25-4-2-23-3-5-25)19(26)24-16-8-14(20)7-15(21)9-16/h7-10,12-13,22-23H,2-6,11H2,1H3,(H,24,26)/b18-17-,22-10?. The predicted octanol–water partition coefficient (Wildman–Crippen LogP) is 2.34. The second-order valence-electron chi connectivity index (χ2n) is 6.99. The molecule has 146 valence electrons. The summed E-state index contributed by atoms with van der Waals surface area (Å²) in [7, 11) is 0. The van der Waals surface area contributed by atoms with E-state index in [0.29, 0.717) is 37.2 Å². The second kappa shape index (κ2) is 8.47. The third kappa shape index (κ3) is 5.03. The van der Waals surface area contributed by atoms with E-state index in [2.05, 4.69) is 17.6 Å². The highest BCUT2D eigenvalue weighted by Crippen LogP contribution is 2.38. The average molecular weight is 378 g/mol. The fourth-order valence-electron chi connectivity index (χ4n) is 3.10. The Morgan fingerprint density at radius 3 is 2.52 bits per heavy atom. The van der Waals surface area contributed by atoms with E-state index in [0.717, 1.165) is 43.9 Å². The van der Waals surface area contributed by atoms with Gasteiger partial charge in [0.25, 0.3) is 5.91 Å². The lowest BCUT2D eigenvalue weighted by Gasteiger charge is -2.31. The van der Waals surface area contributed by atoms with Crippen molar-refractivity contribution in [2.45, 2.75) is 13.3 Å². The first-order valence-electron chi connectivity index (χ1n) is 9.08. The fourth-order valence-corrected chi connectivity index (χ4v) is 3.10. The van der Waals surface area contributed by atoms with Gasteiger partial charge in [0.15, 0.2) is 0 Å². The highest BCUT2D eigenvalue weighted by Gasteiger charge is 2.34. The number of rotatable bonds is 7. The van der Waals surface area contributed by atoms with E-state index in [-0.39, 0.29) is 11.4 Å². The number of amides is 1. The molecule has 1 aliphatic heterocycles. The molecule has 3 N–H and O–H groups in total. The first kappa shape index (κ1) is 19.3. The molecular weight excluding hydrogens is 354 g/mol. The second-order valence-corrected chi connectivity index (χ2v) is 6.99. The van der Waals surface area contributed by atoms with Crippen LogP contribution in [0.4, 0.5) is 14.5 Å². The molecule has 2 atom stereocenters. The molecule has 8 heteroatoms. The quantitative estimate of drug-likeness (QED) is 0.387. The van der Waals surface area contributed by atoms with E-state index in [4.69, 9.17) is 10.1 Å². The van der Waals surface area contributed by atoms with Gasteiger partial charge in [-0.2, -0.15) is 0 Å². The third-order valence-electron chi connectivity index (χ3n) is 4.87. The maximum Gasteiger partial charge on any atom is 0.293 e. The summed E-state index contributed by atoms with van der Waals surface area (Å²) >= 11 is 0. The number of nitrogens with one attached hydrogen (secondary N) is 3. The Morgan fingerprint density at radius 1 is 1.33 bits per heavy atom. The van der Waals surface area contributed by atoms with Crippen molar-refractivity contribution in [3.8, 4) is 0 Å². The van der Waals surface area contributed by atoms with E-state index in [1.165, 1.54) is 0 Å². The number of halogens is 2. The zero-order chi connectivity index (χ0) is 19.4. The fraction of sp³-hybridized carbons (Fsp3) is 0.474. The first-order valence-corrected chi connectivity index (χ1v) is 9.08. The number of hydrogen-bond donors (Lipinski definition) is 3. The number of allylic oxidation sites excluding steroid dienone is 1. The molecule has 1 saturated heterocycles. The van der Waals surface area contributed by atoms with Gasteiger partial charge < -0.3 is 25.7 Å². The van der Waals surface area contributed by atoms with Crippen LogP contribution in [0.15, 0.2) is 29.7 Å². The summed E-state index contributed by atoms with van der Waals surface area (Å²) in [6, 6.07) is 2.81. The number of ether oxygens (including phenoxy) is 1. The minimum Gasteiger partial charge on any atom is -0.486 e. The van der Waals surface area contributed by atoms with Crippen molar-refractivity contribution in [1.82, 2.24) is 10.2 Å². The number of carbonyl (C=O) groups is 1. The SMILES string of the molecule is CC1CC1CO/C(C(=O)Nc1cc(F)cc(F)c1)=C(/C=N)N1CCNCC1. The van der Waals surface area contributed by atoms with Crippen LogP contribution in [-0.2, 0) is 9.53 Å². The predicted molar refractivity (Wildman–Crippen MR) is 98.5 cm³/mol. The van der Waals surface area contributed by atoms with Crippen molar-refractivity contribution in [3.63, 3.8) is 0 Å². The molecule has 2 fully saturated rings. The number of carbonyl (C=O) groups excluding carboxylic acids is 1. The van der Waals surface area contributed by atoms with Gasteiger partial charge in [0.2, 0.25) is 5.76 Å². The van der Waals surface area contributed by atoms with Crippen LogP contribution in [0.2, 0.25) is 0 Å². The minimum absolute atomic E-state index is 0.00281. The van der Waals surface area contributed by atoms with Crippen molar-refractivity contribution in [2.24, 2.45) is 11.8 Å². The number of nitrogens with zero attached hydrogens (tertiary/aromatic N) is 1. The topological polar surface area (TPSA) is 77.5 Å². The molecule has 27 heavy (non-hydrogen) atoms. The smallest absolute Gasteiger partial charge is 0.293 e. The maximum atomic E-state index is 13.4. The van der Waals surface area contributed by atoms with Crippen LogP contribution < -0.4 is 10.6 Å². The summed E-state index contributed by atoms with van der Waals surface area (Å²) in [5.74, 6) is -1.24. The van der Waals surface area contributed by atoms with Crippen LogP contribution >= 0.6 is 0 Å². The van der Waals surface area contributed by atoms with Gasteiger partial charge in [-0.1, -0.05) is 6.92 Å². The molecule has 0 radical (unpaired) electrons. The molecule has 1 saturated carbocycles. The molecule has 3 rings (SSSR count). The van der Waals surface area contributed by atoms with Gasteiger partial charge in [0.05, 0.1) is 6.61 Å². The average Bonchev–Trinajstić information content (AvgIpc) is 3.33. The van der Waals surface area contributed by atoms with Crippen LogP contribution in [-0.4, -0.2) is 49.8 Å². The van der Waals surface area contributed by atoms with Crippen LogP contribution in [0.3, 0.4) is 0 Å². The summed E-state index contributed by atoms with van der Waals surface area (Å²) in [5, 5.41) is 13.5. The molecule has 0 spiro atoms. The molecule has 1 heterocycles. The lowest BCUT2D eigenvalue weighted by Crippen LogP contribution is -2.44. The van der Waals surface area contributed by atoms with Gasteiger partial charge in [-0.15, -0.1) is 0 Å². The molecule has 1 aliphatic carbocycles. The molecule has 0 aromatic heterocycles. The highest BCUT2D eigenvalue weighted by molar-refractivity contribution is 6.05. The lowest BCUT2D eigenvalue weighted by molar-refractivity contribution is -0.116. The summed E-state index contributed by atoms with van der Waals surface area (Å²) in [4.78, 5) is 14.7. The Labute approximate surface area is 157 Å². The summed E-state index contributed by atoms with van der Waals surface area (Å²) in [6.45, 7) is 5.24. The Balaban J connectivity index is 1.83. The van der Waals surface area contributed by atoms with Gasteiger partial charge in [-0.3, -0.25) is 4.79 Å². The molecular formula is C19H24F2N4O2. The van der Waals surface area contributed by atoms with Crippen LogP contribution in [0.5, 0.6) is 0 Å². The zero-order valence-corrected chi connectivity index (χ0v) is 15.2. The first-order chi connectivity index (χ1) is 13.0. The van der Waals surface area contributed by atoms with Gasteiger partial charge in [-0.25, -0.2) is 8.78 Å². The Hall–Kier alpha value is -2.48. The van der Waals surface area contributed by atoms with Crippen LogP contribution in [0.1, 0.15) is 13.3 Å². The van der Waals surface area contributed by atoms with E-state index < -0.39 is 17.5 Å². The zero-order valence-electron chi connectivity index (χ0n) is 15.2. The third-order valence-corrected chi connectivity index (χ3v) is 4.87. The number of hydrogen-bond acceptors (Lipinski definition) is 5. The summed E-state index contributed by atoms with van der Waals surface area (Å²) in [5.41, 5.74) is 0.377. The van der Waals surface area contributed by atoms with Crippen molar-refractivity contribution in [2.75, 3.05) is 38.1 Å². The molecule has 2 aliphatic rings. The molecule has 0 bridgehead atoms. The van der Waals surface area contributed by atoms with Gasteiger partial charge >= 0.3 is 0 Å². The van der Waals surface area contributed by atoms with E-state index in [9.17, 15) is 13.6 Å². The van der Waals surface area contributed by atoms with E-state index in [1.54, 1.807) is 0 Å². The number of anilines is 1. The maximum absolute atomic E-state index is 13.4. The van der Waals surface area contributed by atoms with Crippen molar-refractivity contribution >= 4 is 17.8 Å². The Morgan fingerprint density at radius 2 is 1.96 bits per heavy atom. The molecule has 6 nitrogen and oxygen atoms in total. The molecule has 1 aromatic carbocycles. The van der Waals surface area contributed by atoms with E-state index in [1.807, 2.05) is 4.90 Å². The lowest BCUT2D eigenvalue weighted by atomic mass is 10.2. The van der Waals surface area contributed by atoms with Crippen LogP contribution in [0, 0.1) is 28.9 Å². The highest BCUT2D eigenvalue weighted by atomic mass is 19.1. The normalized spacial score (nSPS) is 22.7. The Kier molecular flexibility index (Phi) is 6.05. The van der Waals surface area contributed by atoms with Gasteiger partial charge in [0.1, 0.15) is 17.3 Å². The number of piperazine rings is 1. The molecule has 2 unspecified atom stereocenters. The summed E-state index contributed by atoms with van der Waals surface area (Å²) < 4.78 is 32.6. The molecule has 1 amide bonds. The van der Waals surface area contributed by atoms with Crippen molar-refractivity contribution in [1.29, 1.82) is 5.41 Å². The van der Waals surface area contributed by atoms with Gasteiger partial charge in [0, 0.05) is 44.1 Å². The number of benzene rings is 1. The largest absolute Gasteiger partial charge is 0.486 e. The van der Waals surface area contributed by atoms with Crippen molar-refractivity contribution in [3.05, 3.63) is 41.3 Å². The van der Waals surface area contributed by atoms with E-state index >= 15 is 0 Å². The summed E-state index contributed by atoms with van der Waals surface area (Å²) in [6.07, 6.45) is 2.14. The monoisotopic (exact) mass is 378 g/mol. The van der Waals surface area contributed by atoms with Gasteiger partial charge in [-0.05, 0) is 30.4 Å². The Bertz CT molecular complexity index is 727. The molecule has 1 aromatic rings. The van der Waals surface area contributed by atoms with Crippen LogP contribution in [0.25, 0.3) is 0 Å². The van der Waals surface area contributed by atoms with Crippen molar-refractivity contribution < 1.29 is 18.3 Å². The minimum atomic E-state index is -0.780.